The van der Waals surface area contributed by atoms with Crippen LogP contribution < -0.4 is 5.32 Å². The second kappa shape index (κ2) is 7.53. The first kappa shape index (κ1) is 15.2. The van der Waals surface area contributed by atoms with Gasteiger partial charge < -0.3 is 5.32 Å². The molecule has 19 heavy (non-hydrogen) atoms. The van der Waals surface area contributed by atoms with Crippen molar-refractivity contribution in [3.8, 4) is 0 Å². The molecule has 2 aromatic rings. The smallest absolute Gasteiger partial charge is 0.0456 e. The van der Waals surface area contributed by atoms with E-state index in [4.69, 9.17) is 0 Å². The van der Waals surface area contributed by atoms with Crippen molar-refractivity contribution < 1.29 is 0 Å². The lowest BCUT2D eigenvalue weighted by Crippen LogP contribution is -2.23. The van der Waals surface area contributed by atoms with Gasteiger partial charge in [-0.05, 0) is 68.9 Å². The summed E-state index contributed by atoms with van der Waals surface area (Å²) in [7, 11) is 0. The van der Waals surface area contributed by atoms with Crippen LogP contribution in [0.15, 0.2) is 38.9 Å². The van der Waals surface area contributed by atoms with E-state index >= 15 is 0 Å². The molecule has 2 aromatic heterocycles. The topological polar surface area (TPSA) is 24.9 Å². The van der Waals surface area contributed by atoms with Crippen molar-refractivity contribution in [3.63, 3.8) is 0 Å². The van der Waals surface area contributed by atoms with Crippen LogP contribution in [0.5, 0.6) is 0 Å². The van der Waals surface area contributed by atoms with Gasteiger partial charge in [-0.15, -0.1) is 11.3 Å². The molecule has 0 aliphatic rings. The van der Waals surface area contributed by atoms with Crippen LogP contribution in [0.1, 0.15) is 29.8 Å². The fraction of sp³-hybridized carbons (Fsp3) is 0.357. The Labute approximate surface area is 134 Å². The molecule has 0 aliphatic heterocycles. The molecule has 1 atom stereocenters. The van der Waals surface area contributed by atoms with E-state index in [1.807, 2.05) is 12.4 Å². The zero-order valence-electron chi connectivity index (χ0n) is 10.7. The third kappa shape index (κ3) is 4.67. The first-order valence-corrected chi connectivity index (χ1v) is 8.72. The highest BCUT2D eigenvalue weighted by atomic mass is 79.9. The maximum atomic E-state index is 4.24. The Hall–Kier alpha value is -0.230. The van der Waals surface area contributed by atoms with E-state index in [0.717, 1.165) is 28.3 Å². The highest BCUT2D eigenvalue weighted by Crippen LogP contribution is 2.28. The van der Waals surface area contributed by atoms with Crippen molar-refractivity contribution in [2.75, 3.05) is 6.54 Å². The molecule has 0 bridgehead atoms. The van der Waals surface area contributed by atoms with E-state index < -0.39 is 0 Å². The summed E-state index contributed by atoms with van der Waals surface area (Å²) in [4.78, 5) is 5.60. The molecule has 2 heterocycles. The average molecular weight is 404 g/mol. The highest BCUT2D eigenvalue weighted by molar-refractivity contribution is 9.10. The van der Waals surface area contributed by atoms with Gasteiger partial charge >= 0.3 is 0 Å². The Kier molecular flexibility index (Phi) is 6.01. The Morgan fingerprint density at radius 3 is 2.74 bits per heavy atom. The third-order valence-electron chi connectivity index (χ3n) is 2.77. The highest BCUT2D eigenvalue weighted by Gasteiger charge is 2.14. The second-order valence-electron chi connectivity index (χ2n) is 4.39. The number of pyridine rings is 1. The van der Waals surface area contributed by atoms with E-state index in [2.05, 4.69) is 66.6 Å². The number of thiophene rings is 1. The SMILES string of the molecule is CCCNC(Cc1cncc(Br)c1)c1cc(Br)cs1. The zero-order valence-corrected chi connectivity index (χ0v) is 14.7. The Balaban J connectivity index is 2.13. The van der Waals surface area contributed by atoms with Crippen LogP contribution >= 0.6 is 43.2 Å². The molecule has 1 unspecified atom stereocenters. The standard InChI is InChI=1S/C14H16Br2N2S/c1-2-3-18-13(14-6-12(16)9-19-14)5-10-4-11(15)8-17-7-10/h4,6-9,13,18H,2-3,5H2,1H3. The molecule has 0 amide bonds. The molecule has 5 heteroatoms. The Bertz CT molecular complexity index is 528. The van der Waals surface area contributed by atoms with Gasteiger partial charge in [-0.1, -0.05) is 6.92 Å². The molecule has 1 N–H and O–H groups in total. The van der Waals surface area contributed by atoms with Gasteiger partial charge in [0.1, 0.15) is 0 Å². The summed E-state index contributed by atoms with van der Waals surface area (Å²) < 4.78 is 2.19. The normalized spacial score (nSPS) is 12.6. The molecule has 0 aliphatic carbocycles. The van der Waals surface area contributed by atoms with Crippen molar-refractivity contribution in [1.82, 2.24) is 10.3 Å². The molecule has 0 spiro atoms. The summed E-state index contributed by atoms with van der Waals surface area (Å²) in [5, 5.41) is 5.75. The number of aromatic nitrogens is 1. The quantitative estimate of drug-likeness (QED) is 0.737. The molecule has 0 aromatic carbocycles. The van der Waals surface area contributed by atoms with Crippen LogP contribution in [0.4, 0.5) is 0 Å². The number of hydrogen-bond donors (Lipinski definition) is 1. The van der Waals surface area contributed by atoms with Crippen LogP contribution in [-0.2, 0) is 6.42 Å². The molecule has 0 saturated heterocycles. The average Bonchev–Trinajstić information content (AvgIpc) is 2.81. The maximum absolute atomic E-state index is 4.24. The van der Waals surface area contributed by atoms with Crippen molar-refractivity contribution in [2.45, 2.75) is 25.8 Å². The first-order chi connectivity index (χ1) is 9.19. The summed E-state index contributed by atoms with van der Waals surface area (Å²) in [6, 6.07) is 4.69. The summed E-state index contributed by atoms with van der Waals surface area (Å²) >= 11 is 8.80. The van der Waals surface area contributed by atoms with Gasteiger partial charge in [-0.25, -0.2) is 0 Å². The van der Waals surface area contributed by atoms with Crippen molar-refractivity contribution in [3.05, 3.63) is 49.3 Å². The predicted molar refractivity (Wildman–Crippen MR) is 88.7 cm³/mol. The van der Waals surface area contributed by atoms with Gasteiger partial charge in [0.05, 0.1) is 0 Å². The minimum Gasteiger partial charge on any atom is -0.309 e. The van der Waals surface area contributed by atoms with Gasteiger partial charge in [-0.3, -0.25) is 4.98 Å². The molecule has 102 valence electrons. The lowest BCUT2D eigenvalue weighted by atomic mass is 10.1. The number of nitrogens with zero attached hydrogens (tertiary/aromatic N) is 1. The van der Waals surface area contributed by atoms with Gasteiger partial charge in [0.15, 0.2) is 0 Å². The second-order valence-corrected chi connectivity index (χ2v) is 7.16. The number of nitrogens with one attached hydrogen (secondary N) is 1. The Morgan fingerprint density at radius 1 is 1.26 bits per heavy atom. The van der Waals surface area contributed by atoms with E-state index in [-0.39, 0.29) is 0 Å². The van der Waals surface area contributed by atoms with E-state index in [1.54, 1.807) is 11.3 Å². The minimum absolute atomic E-state index is 0.354. The van der Waals surface area contributed by atoms with Crippen LogP contribution in [0.3, 0.4) is 0 Å². The molecule has 0 saturated carbocycles. The van der Waals surface area contributed by atoms with Gasteiger partial charge in [-0.2, -0.15) is 0 Å². The molecular weight excluding hydrogens is 388 g/mol. The fourth-order valence-electron chi connectivity index (χ4n) is 1.91. The first-order valence-electron chi connectivity index (χ1n) is 6.25. The van der Waals surface area contributed by atoms with Gasteiger partial charge in [0.25, 0.3) is 0 Å². The summed E-state index contributed by atoms with van der Waals surface area (Å²) in [6.45, 7) is 3.22. The van der Waals surface area contributed by atoms with Crippen molar-refractivity contribution in [1.29, 1.82) is 0 Å². The molecule has 0 fully saturated rings. The van der Waals surface area contributed by atoms with Crippen molar-refractivity contribution >= 4 is 43.2 Å². The Morgan fingerprint density at radius 2 is 2.11 bits per heavy atom. The predicted octanol–water partition coefficient (Wildman–Crippen LogP) is 4.95. The maximum Gasteiger partial charge on any atom is 0.0456 e. The number of rotatable bonds is 6. The van der Waals surface area contributed by atoms with Crippen LogP contribution in [0.2, 0.25) is 0 Å². The van der Waals surface area contributed by atoms with E-state index in [9.17, 15) is 0 Å². The van der Waals surface area contributed by atoms with Gasteiger partial charge in [0, 0.05) is 37.6 Å². The summed E-state index contributed by atoms with van der Waals surface area (Å²) in [5.74, 6) is 0. The molecular formula is C14H16Br2N2S. The monoisotopic (exact) mass is 402 g/mol. The number of hydrogen-bond acceptors (Lipinski definition) is 3. The summed E-state index contributed by atoms with van der Waals surface area (Å²) in [5.41, 5.74) is 1.24. The lowest BCUT2D eigenvalue weighted by Gasteiger charge is -2.17. The molecule has 2 rings (SSSR count). The largest absolute Gasteiger partial charge is 0.309 e. The lowest BCUT2D eigenvalue weighted by molar-refractivity contribution is 0.536. The number of halogens is 2. The van der Waals surface area contributed by atoms with Crippen molar-refractivity contribution in [2.24, 2.45) is 0 Å². The molecule has 2 nitrogen and oxygen atoms in total. The minimum atomic E-state index is 0.354. The molecule has 0 radical (unpaired) electrons. The van der Waals surface area contributed by atoms with Gasteiger partial charge in [0.2, 0.25) is 0 Å². The fourth-order valence-corrected chi connectivity index (χ4v) is 3.84. The van der Waals surface area contributed by atoms with Crippen LogP contribution in [0.25, 0.3) is 0 Å². The van der Waals surface area contributed by atoms with E-state index in [0.29, 0.717) is 6.04 Å². The third-order valence-corrected chi connectivity index (χ3v) is 5.01. The van der Waals surface area contributed by atoms with Crippen LogP contribution in [-0.4, -0.2) is 11.5 Å². The zero-order chi connectivity index (χ0) is 13.7. The van der Waals surface area contributed by atoms with E-state index in [1.165, 1.54) is 10.4 Å². The van der Waals surface area contributed by atoms with Crippen LogP contribution in [0, 0.1) is 0 Å². The summed E-state index contributed by atoms with van der Waals surface area (Å²) in [6.07, 6.45) is 5.85.